The van der Waals surface area contributed by atoms with E-state index < -0.39 is 7.60 Å². The Labute approximate surface area is 118 Å². The van der Waals surface area contributed by atoms with Gasteiger partial charge >= 0.3 is 7.60 Å². The average molecular weight is 295 g/mol. The summed E-state index contributed by atoms with van der Waals surface area (Å²) in [5.41, 5.74) is 1.34. The van der Waals surface area contributed by atoms with Crippen LogP contribution in [0.25, 0.3) is 10.9 Å². The van der Waals surface area contributed by atoms with Gasteiger partial charge in [0.1, 0.15) is 0 Å². The van der Waals surface area contributed by atoms with E-state index in [9.17, 15) is 9.77 Å². The first-order valence-corrected chi connectivity index (χ1v) is 8.30. The van der Waals surface area contributed by atoms with Crippen LogP contribution in [-0.4, -0.2) is 13.2 Å². The molecule has 108 valence electrons. The Hall–Kier alpha value is -1.42. The van der Waals surface area contributed by atoms with Crippen LogP contribution in [0, 0.1) is 5.21 Å². The molecule has 20 heavy (non-hydrogen) atoms. The predicted molar refractivity (Wildman–Crippen MR) is 77.5 cm³/mol. The zero-order chi connectivity index (χ0) is 14.6. The van der Waals surface area contributed by atoms with E-state index in [-0.39, 0.29) is 6.16 Å². The quantitative estimate of drug-likeness (QED) is 0.466. The average Bonchev–Trinajstić information content (AvgIpc) is 2.43. The maximum absolute atomic E-state index is 12.6. The van der Waals surface area contributed by atoms with Crippen molar-refractivity contribution in [1.82, 2.24) is 0 Å². The molecule has 0 radical (unpaired) electrons. The number of pyridine rings is 1. The fraction of sp³-hybridized carbons (Fsp3) is 0.357. The Kier molecular flexibility index (Phi) is 4.76. The molecule has 0 saturated carbocycles. The second kappa shape index (κ2) is 6.35. The monoisotopic (exact) mass is 295 g/mol. The maximum Gasteiger partial charge on any atom is 0.335 e. The number of fused-ring (bicyclic) bond motifs is 1. The fourth-order valence-electron chi connectivity index (χ4n) is 2.13. The van der Waals surface area contributed by atoms with Crippen LogP contribution in [-0.2, 0) is 19.8 Å². The Morgan fingerprint density at radius 1 is 1.15 bits per heavy atom. The summed E-state index contributed by atoms with van der Waals surface area (Å²) in [6.07, 6.45) is 1.58. The lowest BCUT2D eigenvalue weighted by Gasteiger charge is -2.17. The highest BCUT2D eigenvalue weighted by Gasteiger charge is 2.26. The van der Waals surface area contributed by atoms with Gasteiger partial charge in [-0.1, -0.05) is 12.1 Å². The topological polar surface area (TPSA) is 62.5 Å². The molecule has 0 N–H and O–H groups in total. The standard InChI is InChI=1S/C14H18NO4P/c1-3-18-20(17,19-4-2)11-12-9-10-15(16)14-8-6-5-7-13(12)14/h5-10H,3-4,11H2,1-2H3. The third kappa shape index (κ3) is 3.18. The van der Waals surface area contributed by atoms with Gasteiger partial charge in [0.15, 0.2) is 6.20 Å². The number of nitrogens with zero attached hydrogens (tertiary/aromatic N) is 1. The molecule has 0 fully saturated rings. The van der Waals surface area contributed by atoms with Crippen molar-refractivity contribution < 1.29 is 18.3 Å². The van der Waals surface area contributed by atoms with Gasteiger partial charge in [-0.3, -0.25) is 4.57 Å². The minimum Gasteiger partial charge on any atom is -0.618 e. The summed E-state index contributed by atoms with van der Waals surface area (Å²) in [5.74, 6) is 0. The summed E-state index contributed by atoms with van der Waals surface area (Å²) in [4.78, 5) is 0. The molecule has 0 bridgehead atoms. The summed E-state index contributed by atoms with van der Waals surface area (Å²) >= 11 is 0. The van der Waals surface area contributed by atoms with Crippen molar-refractivity contribution in [2.45, 2.75) is 20.0 Å². The molecule has 0 saturated heterocycles. The molecule has 0 atom stereocenters. The van der Waals surface area contributed by atoms with Crippen LogP contribution in [0.1, 0.15) is 19.4 Å². The molecule has 0 aliphatic carbocycles. The van der Waals surface area contributed by atoms with E-state index in [1.165, 1.54) is 6.20 Å². The normalized spacial score (nSPS) is 11.9. The highest BCUT2D eigenvalue weighted by atomic mass is 31.2. The molecule has 0 aliphatic rings. The number of hydrogen-bond acceptors (Lipinski definition) is 4. The largest absolute Gasteiger partial charge is 0.618 e. The second-order valence-electron chi connectivity index (χ2n) is 4.29. The minimum absolute atomic E-state index is 0.163. The van der Waals surface area contributed by atoms with Gasteiger partial charge in [-0.25, -0.2) is 0 Å². The van der Waals surface area contributed by atoms with E-state index in [0.29, 0.717) is 18.7 Å². The van der Waals surface area contributed by atoms with Crippen molar-refractivity contribution in [3.05, 3.63) is 47.3 Å². The molecule has 2 aromatic rings. The lowest BCUT2D eigenvalue weighted by atomic mass is 10.1. The van der Waals surface area contributed by atoms with E-state index in [4.69, 9.17) is 9.05 Å². The number of hydrogen-bond donors (Lipinski definition) is 0. The summed E-state index contributed by atoms with van der Waals surface area (Å²) in [7, 11) is -3.17. The number of para-hydroxylation sites is 1. The van der Waals surface area contributed by atoms with Crippen molar-refractivity contribution in [1.29, 1.82) is 0 Å². The van der Waals surface area contributed by atoms with Gasteiger partial charge in [-0.05, 0) is 25.5 Å². The zero-order valence-electron chi connectivity index (χ0n) is 11.6. The number of rotatable bonds is 6. The lowest BCUT2D eigenvalue weighted by Crippen LogP contribution is -2.26. The fourth-order valence-corrected chi connectivity index (χ4v) is 3.87. The molecular formula is C14H18NO4P. The summed E-state index contributed by atoms with van der Waals surface area (Å²) in [5, 5.41) is 12.5. The van der Waals surface area contributed by atoms with Gasteiger partial charge in [0.25, 0.3) is 0 Å². The van der Waals surface area contributed by atoms with Crippen LogP contribution in [0.4, 0.5) is 0 Å². The Balaban J connectivity index is 2.43. The maximum atomic E-state index is 12.6. The molecule has 5 nitrogen and oxygen atoms in total. The lowest BCUT2D eigenvalue weighted by molar-refractivity contribution is -0.577. The van der Waals surface area contributed by atoms with E-state index in [1.807, 2.05) is 12.1 Å². The van der Waals surface area contributed by atoms with E-state index in [2.05, 4.69) is 0 Å². The molecule has 6 heteroatoms. The van der Waals surface area contributed by atoms with Gasteiger partial charge in [0, 0.05) is 12.1 Å². The van der Waals surface area contributed by atoms with Crippen LogP contribution < -0.4 is 4.73 Å². The molecule has 0 spiro atoms. The van der Waals surface area contributed by atoms with Gasteiger partial charge < -0.3 is 14.3 Å². The predicted octanol–water partition coefficient (Wildman–Crippen LogP) is 3.24. The van der Waals surface area contributed by atoms with Crippen molar-refractivity contribution in [3.8, 4) is 0 Å². The third-order valence-electron chi connectivity index (χ3n) is 2.91. The molecule has 0 unspecified atom stereocenters. The van der Waals surface area contributed by atoms with Crippen LogP contribution in [0.5, 0.6) is 0 Å². The van der Waals surface area contributed by atoms with Gasteiger partial charge in [-0.15, -0.1) is 0 Å². The first-order chi connectivity index (χ1) is 9.59. The highest BCUT2D eigenvalue weighted by molar-refractivity contribution is 7.53. The van der Waals surface area contributed by atoms with Gasteiger partial charge in [0.05, 0.1) is 24.8 Å². The highest BCUT2D eigenvalue weighted by Crippen LogP contribution is 2.51. The Morgan fingerprint density at radius 3 is 2.45 bits per heavy atom. The minimum atomic E-state index is -3.17. The molecule has 0 amide bonds. The third-order valence-corrected chi connectivity index (χ3v) is 4.95. The van der Waals surface area contributed by atoms with Crippen molar-refractivity contribution in [2.75, 3.05) is 13.2 Å². The first-order valence-electron chi connectivity index (χ1n) is 6.57. The van der Waals surface area contributed by atoms with Crippen LogP contribution >= 0.6 is 7.60 Å². The summed E-state index contributed by atoms with van der Waals surface area (Å²) in [6.45, 7) is 4.20. The number of benzene rings is 1. The smallest absolute Gasteiger partial charge is 0.335 e. The SMILES string of the molecule is CCOP(=O)(Cc1cc[n+]([O-])c2ccccc12)OCC. The molecular weight excluding hydrogens is 277 g/mol. The molecule has 2 rings (SSSR count). The summed E-state index contributed by atoms with van der Waals surface area (Å²) in [6, 6.07) is 8.88. The van der Waals surface area contributed by atoms with Gasteiger partial charge in [-0.2, -0.15) is 4.73 Å². The van der Waals surface area contributed by atoms with Crippen LogP contribution in [0.15, 0.2) is 36.5 Å². The van der Waals surface area contributed by atoms with E-state index >= 15 is 0 Å². The Morgan fingerprint density at radius 2 is 1.80 bits per heavy atom. The van der Waals surface area contributed by atoms with E-state index in [0.717, 1.165) is 15.7 Å². The number of aromatic nitrogens is 1. The molecule has 1 heterocycles. The Bertz CT molecular complexity index is 634. The van der Waals surface area contributed by atoms with Crippen molar-refractivity contribution in [3.63, 3.8) is 0 Å². The van der Waals surface area contributed by atoms with Crippen LogP contribution in [0.3, 0.4) is 0 Å². The molecule has 1 aromatic carbocycles. The second-order valence-corrected chi connectivity index (χ2v) is 6.34. The van der Waals surface area contributed by atoms with Crippen molar-refractivity contribution >= 4 is 18.5 Å². The summed E-state index contributed by atoms with van der Waals surface area (Å²) < 4.78 is 24.0. The van der Waals surface area contributed by atoms with Gasteiger partial charge in [0.2, 0.25) is 5.52 Å². The first kappa shape index (κ1) is 15.0. The zero-order valence-corrected chi connectivity index (χ0v) is 12.5. The molecule has 0 aliphatic heterocycles. The van der Waals surface area contributed by atoms with Crippen LogP contribution in [0.2, 0.25) is 0 Å². The van der Waals surface area contributed by atoms with Crippen molar-refractivity contribution in [2.24, 2.45) is 0 Å². The van der Waals surface area contributed by atoms with E-state index in [1.54, 1.807) is 32.0 Å². The molecule has 1 aromatic heterocycles.